The molecule has 25 heavy (non-hydrogen) atoms. The smallest absolute Gasteiger partial charge is 0.240 e. The molecule has 1 aromatic rings. The minimum atomic E-state index is -0.825. The van der Waals surface area contributed by atoms with Crippen LogP contribution >= 0.6 is 0 Å². The first kappa shape index (κ1) is 17.8. The molecule has 0 unspecified atom stereocenters. The maximum Gasteiger partial charge on any atom is 0.240 e. The van der Waals surface area contributed by atoms with E-state index >= 15 is 0 Å². The summed E-state index contributed by atoms with van der Waals surface area (Å²) in [4.78, 5) is 12.6. The monoisotopic (exact) mass is 340 g/mol. The van der Waals surface area contributed by atoms with Crippen molar-refractivity contribution < 1.29 is 9.53 Å². The maximum absolute atomic E-state index is 12.6. The molecule has 0 aliphatic heterocycles. The van der Waals surface area contributed by atoms with Gasteiger partial charge >= 0.3 is 0 Å². The van der Waals surface area contributed by atoms with E-state index in [0.717, 1.165) is 43.4 Å². The fourth-order valence-corrected chi connectivity index (χ4v) is 4.00. The van der Waals surface area contributed by atoms with E-state index in [1.807, 2.05) is 24.3 Å². The SMILES string of the molecule is N#CC1(C(=O)NCc2cccc(OC3CCCCC3)c2)CCCCC1. The zero-order chi connectivity index (χ0) is 17.5. The molecule has 1 amide bonds. The van der Waals surface area contributed by atoms with Crippen molar-refractivity contribution in [2.24, 2.45) is 5.41 Å². The van der Waals surface area contributed by atoms with Gasteiger partial charge in [-0.05, 0) is 56.2 Å². The molecule has 4 nitrogen and oxygen atoms in total. The van der Waals surface area contributed by atoms with E-state index in [1.165, 1.54) is 19.3 Å². The minimum absolute atomic E-state index is 0.117. The van der Waals surface area contributed by atoms with E-state index < -0.39 is 5.41 Å². The van der Waals surface area contributed by atoms with E-state index in [-0.39, 0.29) is 5.91 Å². The highest BCUT2D eigenvalue weighted by Gasteiger charge is 2.39. The molecule has 0 radical (unpaired) electrons. The van der Waals surface area contributed by atoms with E-state index in [1.54, 1.807) is 0 Å². The predicted molar refractivity (Wildman–Crippen MR) is 96.9 cm³/mol. The summed E-state index contributed by atoms with van der Waals surface area (Å²) < 4.78 is 6.10. The van der Waals surface area contributed by atoms with Crippen molar-refractivity contribution in [1.82, 2.24) is 5.32 Å². The zero-order valence-electron chi connectivity index (χ0n) is 14.9. The number of hydrogen-bond donors (Lipinski definition) is 1. The number of carbonyl (C=O) groups excluding carboxylic acids is 1. The lowest BCUT2D eigenvalue weighted by Gasteiger charge is -2.29. The van der Waals surface area contributed by atoms with Gasteiger partial charge in [-0.1, -0.05) is 37.8 Å². The Morgan fingerprint density at radius 1 is 1.16 bits per heavy atom. The van der Waals surface area contributed by atoms with Gasteiger partial charge in [0.1, 0.15) is 11.2 Å². The van der Waals surface area contributed by atoms with Gasteiger partial charge in [-0.25, -0.2) is 0 Å². The largest absolute Gasteiger partial charge is 0.490 e. The average molecular weight is 340 g/mol. The van der Waals surface area contributed by atoms with Gasteiger partial charge in [0.25, 0.3) is 0 Å². The van der Waals surface area contributed by atoms with Crippen molar-refractivity contribution in [2.75, 3.05) is 0 Å². The van der Waals surface area contributed by atoms with E-state index in [4.69, 9.17) is 4.74 Å². The molecular formula is C21H28N2O2. The Morgan fingerprint density at radius 3 is 2.60 bits per heavy atom. The molecule has 0 bridgehead atoms. The molecule has 1 aromatic carbocycles. The van der Waals surface area contributed by atoms with Crippen molar-refractivity contribution in [3.05, 3.63) is 29.8 Å². The van der Waals surface area contributed by atoms with Crippen LogP contribution in [-0.4, -0.2) is 12.0 Å². The lowest BCUT2D eigenvalue weighted by Crippen LogP contribution is -2.41. The number of rotatable bonds is 5. The average Bonchev–Trinajstić information content (AvgIpc) is 2.68. The van der Waals surface area contributed by atoms with Crippen LogP contribution in [0.3, 0.4) is 0 Å². The first-order chi connectivity index (χ1) is 12.2. The molecule has 2 fully saturated rings. The highest BCUT2D eigenvalue weighted by atomic mass is 16.5. The Kier molecular flexibility index (Phi) is 5.96. The highest BCUT2D eigenvalue weighted by Crippen LogP contribution is 2.36. The summed E-state index contributed by atoms with van der Waals surface area (Å²) in [5.41, 5.74) is 0.194. The van der Waals surface area contributed by atoms with Gasteiger partial charge in [-0.15, -0.1) is 0 Å². The molecular weight excluding hydrogens is 312 g/mol. The summed E-state index contributed by atoms with van der Waals surface area (Å²) in [5, 5.41) is 12.5. The Hall–Kier alpha value is -2.02. The van der Waals surface area contributed by atoms with Crippen molar-refractivity contribution in [3.63, 3.8) is 0 Å². The Bertz CT molecular complexity index is 623. The molecule has 3 rings (SSSR count). The normalized spacial score (nSPS) is 20.4. The first-order valence-electron chi connectivity index (χ1n) is 9.67. The second-order valence-electron chi connectivity index (χ2n) is 7.46. The number of nitriles is 1. The van der Waals surface area contributed by atoms with E-state index in [2.05, 4.69) is 11.4 Å². The number of amides is 1. The van der Waals surface area contributed by atoms with Crippen LogP contribution in [0.15, 0.2) is 24.3 Å². The number of hydrogen-bond acceptors (Lipinski definition) is 3. The lowest BCUT2D eigenvalue weighted by molar-refractivity contribution is -0.129. The summed E-state index contributed by atoms with van der Waals surface area (Å²) in [6.07, 6.45) is 10.8. The summed E-state index contributed by atoms with van der Waals surface area (Å²) >= 11 is 0. The molecule has 2 aliphatic rings. The van der Waals surface area contributed by atoms with Gasteiger partial charge in [0.05, 0.1) is 12.2 Å². The van der Waals surface area contributed by atoms with Crippen LogP contribution < -0.4 is 10.1 Å². The van der Waals surface area contributed by atoms with Gasteiger partial charge in [0, 0.05) is 6.54 Å². The third-order valence-corrected chi connectivity index (χ3v) is 5.56. The van der Waals surface area contributed by atoms with E-state index in [0.29, 0.717) is 25.5 Å². The second kappa shape index (κ2) is 8.38. The van der Waals surface area contributed by atoms with Crippen molar-refractivity contribution in [3.8, 4) is 11.8 Å². The van der Waals surface area contributed by atoms with Crippen molar-refractivity contribution >= 4 is 5.91 Å². The van der Waals surface area contributed by atoms with Gasteiger partial charge < -0.3 is 10.1 Å². The number of benzene rings is 1. The van der Waals surface area contributed by atoms with Crippen LogP contribution in [0.25, 0.3) is 0 Å². The molecule has 0 saturated heterocycles. The molecule has 1 N–H and O–H groups in total. The molecule has 0 heterocycles. The summed E-state index contributed by atoms with van der Waals surface area (Å²) in [6.45, 7) is 0.449. The maximum atomic E-state index is 12.6. The number of nitrogens with zero attached hydrogens (tertiary/aromatic N) is 1. The molecule has 4 heteroatoms. The zero-order valence-corrected chi connectivity index (χ0v) is 14.9. The lowest BCUT2D eigenvalue weighted by atomic mass is 9.74. The van der Waals surface area contributed by atoms with Crippen LogP contribution in [-0.2, 0) is 11.3 Å². The van der Waals surface area contributed by atoms with Crippen molar-refractivity contribution in [2.45, 2.75) is 76.9 Å². The number of nitrogens with one attached hydrogen (secondary N) is 1. The molecule has 134 valence electrons. The fraction of sp³-hybridized carbons (Fsp3) is 0.619. The Labute approximate surface area is 150 Å². The number of ether oxygens (including phenoxy) is 1. The summed E-state index contributed by atoms with van der Waals surface area (Å²) in [7, 11) is 0. The molecule has 0 aromatic heterocycles. The van der Waals surface area contributed by atoms with E-state index in [9.17, 15) is 10.1 Å². The van der Waals surface area contributed by atoms with Gasteiger partial charge in [-0.3, -0.25) is 4.79 Å². The van der Waals surface area contributed by atoms with Crippen LogP contribution in [0, 0.1) is 16.7 Å². The Balaban J connectivity index is 1.56. The topological polar surface area (TPSA) is 62.1 Å². The van der Waals surface area contributed by atoms with Gasteiger partial charge in [-0.2, -0.15) is 5.26 Å². The van der Waals surface area contributed by atoms with Crippen molar-refractivity contribution in [1.29, 1.82) is 5.26 Å². The quantitative estimate of drug-likeness (QED) is 0.859. The first-order valence-corrected chi connectivity index (χ1v) is 9.67. The fourth-order valence-electron chi connectivity index (χ4n) is 4.00. The predicted octanol–water partition coefficient (Wildman–Crippen LogP) is 4.49. The second-order valence-corrected chi connectivity index (χ2v) is 7.46. The molecule has 0 atom stereocenters. The van der Waals surface area contributed by atoms with Crippen LogP contribution in [0.5, 0.6) is 5.75 Å². The Morgan fingerprint density at radius 2 is 1.88 bits per heavy atom. The van der Waals surface area contributed by atoms with Gasteiger partial charge in [0.2, 0.25) is 5.91 Å². The van der Waals surface area contributed by atoms with Crippen LogP contribution in [0.1, 0.15) is 69.8 Å². The minimum Gasteiger partial charge on any atom is -0.490 e. The third kappa shape index (κ3) is 4.54. The van der Waals surface area contributed by atoms with Crippen LogP contribution in [0.2, 0.25) is 0 Å². The van der Waals surface area contributed by atoms with Gasteiger partial charge in [0.15, 0.2) is 0 Å². The molecule has 2 aliphatic carbocycles. The third-order valence-electron chi connectivity index (χ3n) is 5.56. The summed E-state index contributed by atoms with van der Waals surface area (Å²) in [5.74, 6) is 0.764. The standard InChI is InChI=1S/C21H28N2O2/c22-16-21(12-5-2-6-13-21)20(24)23-15-17-8-7-11-19(14-17)25-18-9-3-1-4-10-18/h7-8,11,14,18H,1-6,9-10,12-13,15H2,(H,23,24). The highest BCUT2D eigenvalue weighted by molar-refractivity contribution is 5.85. The molecule has 0 spiro atoms. The molecule has 2 saturated carbocycles. The summed E-state index contributed by atoms with van der Waals surface area (Å²) in [6, 6.07) is 10.2. The van der Waals surface area contributed by atoms with Crippen LogP contribution in [0.4, 0.5) is 0 Å². The number of carbonyl (C=O) groups is 1.